The Balaban J connectivity index is 1.65. The summed E-state index contributed by atoms with van der Waals surface area (Å²) in [6.07, 6.45) is 4.73. The van der Waals surface area contributed by atoms with Crippen LogP contribution in [-0.4, -0.2) is 32.3 Å². The van der Waals surface area contributed by atoms with Gasteiger partial charge in [-0.15, -0.1) is 0 Å². The molecule has 0 fully saturated rings. The van der Waals surface area contributed by atoms with Gasteiger partial charge in [-0.25, -0.2) is 14.6 Å². The fourth-order valence-electron chi connectivity index (χ4n) is 2.21. The van der Waals surface area contributed by atoms with Crippen molar-refractivity contribution in [1.82, 2.24) is 25.1 Å². The number of nitrogens with zero attached hydrogens (tertiary/aromatic N) is 4. The quantitative estimate of drug-likeness (QED) is 0.750. The minimum atomic E-state index is -0.161. The lowest BCUT2D eigenvalue weighted by molar-refractivity contribution is 0.0950. The van der Waals surface area contributed by atoms with Crippen molar-refractivity contribution in [1.29, 1.82) is 0 Å². The number of rotatable bonds is 6. The summed E-state index contributed by atoms with van der Waals surface area (Å²) < 4.78 is 7.08. The number of hydrogen-bond acceptors (Lipinski definition) is 5. The Morgan fingerprint density at radius 1 is 1.25 bits per heavy atom. The van der Waals surface area contributed by atoms with Crippen molar-refractivity contribution in [2.45, 2.75) is 13.5 Å². The highest BCUT2D eigenvalue weighted by Gasteiger charge is 2.09. The van der Waals surface area contributed by atoms with Gasteiger partial charge >= 0.3 is 0 Å². The molecule has 7 heteroatoms. The third-order valence-electron chi connectivity index (χ3n) is 3.38. The van der Waals surface area contributed by atoms with Crippen LogP contribution in [-0.2, 0) is 6.54 Å². The van der Waals surface area contributed by atoms with Gasteiger partial charge in [0.25, 0.3) is 5.91 Å². The molecule has 0 aliphatic carbocycles. The number of carbonyl (C=O) groups excluding carboxylic acids is 1. The second-order valence-electron chi connectivity index (χ2n) is 4.97. The van der Waals surface area contributed by atoms with Crippen LogP contribution in [0.25, 0.3) is 5.69 Å². The van der Waals surface area contributed by atoms with Gasteiger partial charge in [0, 0.05) is 23.9 Å². The van der Waals surface area contributed by atoms with Crippen LogP contribution in [0.2, 0.25) is 0 Å². The minimum Gasteiger partial charge on any atom is -0.478 e. The number of benzene rings is 1. The molecule has 0 spiro atoms. The summed E-state index contributed by atoms with van der Waals surface area (Å²) in [4.78, 5) is 20.3. The highest BCUT2D eigenvalue weighted by molar-refractivity contribution is 5.94. The monoisotopic (exact) mass is 323 g/mol. The molecule has 0 atom stereocenters. The molecule has 1 N–H and O–H groups in total. The van der Waals surface area contributed by atoms with E-state index in [1.807, 2.05) is 31.2 Å². The Morgan fingerprint density at radius 3 is 2.79 bits per heavy atom. The van der Waals surface area contributed by atoms with Crippen molar-refractivity contribution in [2.75, 3.05) is 6.61 Å². The predicted molar refractivity (Wildman–Crippen MR) is 87.9 cm³/mol. The molecule has 3 aromatic rings. The molecule has 0 aliphatic rings. The maximum Gasteiger partial charge on any atom is 0.251 e. The van der Waals surface area contributed by atoms with E-state index in [9.17, 15) is 4.79 Å². The normalized spacial score (nSPS) is 10.4. The maximum absolute atomic E-state index is 12.3. The van der Waals surface area contributed by atoms with E-state index >= 15 is 0 Å². The average molecular weight is 323 g/mol. The molecule has 2 heterocycles. The van der Waals surface area contributed by atoms with Crippen molar-refractivity contribution in [3.05, 3.63) is 66.4 Å². The zero-order chi connectivity index (χ0) is 16.8. The molecule has 24 heavy (non-hydrogen) atoms. The van der Waals surface area contributed by atoms with E-state index < -0.39 is 0 Å². The van der Waals surface area contributed by atoms with Gasteiger partial charge in [0.05, 0.1) is 12.3 Å². The van der Waals surface area contributed by atoms with Crippen LogP contribution in [0.4, 0.5) is 0 Å². The number of aromatic nitrogens is 4. The first-order valence-corrected chi connectivity index (χ1v) is 7.58. The standard InChI is InChI=1S/C17H17N5O2/c1-2-24-17-14(4-3-9-19-17)10-20-16(23)13-5-7-15(8-6-13)22-12-18-11-21-22/h3-9,11-12H,2,10H2,1H3,(H,20,23). The molecular weight excluding hydrogens is 306 g/mol. The van der Waals surface area contributed by atoms with Gasteiger partial charge in [0.1, 0.15) is 12.7 Å². The largest absolute Gasteiger partial charge is 0.478 e. The van der Waals surface area contributed by atoms with Crippen molar-refractivity contribution < 1.29 is 9.53 Å². The number of nitrogens with one attached hydrogen (secondary N) is 1. The number of hydrogen-bond donors (Lipinski definition) is 1. The Bertz CT molecular complexity index is 800. The summed E-state index contributed by atoms with van der Waals surface area (Å²) in [5.41, 5.74) is 2.25. The average Bonchev–Trinajstić information content (AvgIpc) is 3.16. The Morgan fingerprint density at radius 2 is 2.08 bits per heavy atom. The fraction of sp³-hybridized carbons (Fsp3) is 0.176. The zero-order valence-electron chi connectivity index (χ0n) is 13.2. The highest BCUT2D eigenvalue weighted by Crippen LogP contribution is 2.14. The van der Waals surface area contributed by atoms with Gasteiger partial charge in [-0.1, -0.05) is 6.07 Å². The van der Waals surface area contributed by atoms with Crippen molar-refractivity contribution in [3.8, 4) is 11.6 Å². The maximum atomic E-state index is 12.3. The molecule has 1 aromatic carbocycles. The third kappa shape index (κ3) is 3.57. The van der Waals surface area contributed by atoms with Gasteiger partial charge in [0.15, 0.2) is 0 Å². The van der Waals surface area contributed by atoms with E-state index in [0.29, 0.717) is 24.6 Å². The number of pyridine rings is 1. The minimum absolute atomic E-state index is 0.161. The summed E-state index contributed by atoms with van der Waals surface area (Å²) in [5.74, 6) is 0.383. The van der Waals surface area contributed by atoms with Crippen LogP contribution in [0.3, 0.4) is 0 Å². The van der Waals surface area contributed by atoms with Gasteiger partial charge in [0.2, 0.25) is 5.88 Å². The summed E-state index contributed by atoms with van der Waals surface area (Å²) in [6, 6.07) is 10.8. The van der Waals surface area contributed by atoms with Crippen LogP contribution < -0.4 is 10.1 Å². The van der Waals surface area contributed by atoms with Crippen LogP contribution in [0.1, 0.15) is 22.8 Å². The lowest BCUT2D eigenvalue weighted by Gasteiger charge is -2.10. The first-order chi connectivity index (χ1) is 11.8. The smallest absolute Gasteiger partial charge is 0.251 e. The molecule has 0 saturated carbocycles. The van der Waals surface area contributed by atoms with Crippen molar-refractivity contribution >= 4 is 5.91 Å². The van der Waals surface area contributed by atoms with E-state index in [4.69, 9.17) is 4.74 Å². The topological polar surface area (TPSA) is 81.9 Å². The molecule has 122 valence electrons. The van der Waals surface area contributed by atoms with Crippen molar-refractivity contribution in [3.63, 3.8) is 0 Å². The molecule has 0 radical (unpaired) electrons. The molecule has 0 saturated heterocycles. The van der Waals surface area contributed by atoms with Crippen LogP contribution in [0.5, 0.6) is 5.88 Å². The van der Waals surface area contributed by atoms with E-state index in [1.54, 1.807) is 29.3 Å². The molecule has 0 bridgehead atoms. The van der Waals surface area contributed by atoms with Crippen molar-refractivity contribution in [2.24, 2.45) is 0 Å². The lowest BCUT2D eigenvalue weighted by atomic mass is 10.2. The zero-order valence-corrected chi connectivity index (χ0v) is 13.2. The molecule has 1 amide bonds. The van der Waals surface area contributed by atoms with E-state index in [-0.39, 0.29) is 5.91 Å². The predicted octanol–water partition coefficient (Wildman–Crippen LogP) is 1.99. The first kappa shape index (κ1) is 15.7. The fourth-order valence-corrected chi connectivity index (χ4v) is 2.21. The SMILES string of the molecule is CCOc1ncccc1CNC(=O)c1ccc(-n2cncn2)cc1. The first-order valence-electron chi connectivity index (χ1n) is 7.58. The number of carbonyl (C=O) groups is 1. The Hall–Kier alpha value is -3.22. The summed E-state index contributed by atoms with van der Waals surface area (Å²) in [5, 5.41) is 6.92. The molecule has 0 aliphatic heterocycles. The van der Waals surface area contributed by atoms with Crippen LogP contribution >= 0.6 is 0 Å². The van der Waals surface area contributed by atoms with Crippen LogP contribution in [0, 0.1) is 0 Å². The second kappa shape index (κ2) is 7.36. The van der Waals surface area contributed by atoms with Crippen LogP contribution in [0.15, 0.2) is 55.2 Å². The third-order valence-corrected chi connectivity index (χ3v) is 3.38. The molecule has 0 unspecified atom stereocenters. The lowest BCUT2D eigenvalue weighted by Crippen LogP contribution is -2.23. The molecule has 3 rings (SSSR count). The van der Waals surface area contributed by atoms with Gasteiger partial charge in [-0.3, -0.25) is 4.79 Å². The molecule has 7 nitrogen and oxygen atoms in total. The van der Waals surface area contributed by atoms with E-state index in [0.717, 1.165) is 11.3 Å². The van der Waals surface area contributed by atoms with E-state index in [1.165, 1.54) is 6.33 Å². The summed E-state index contributed by atoms with van der Waals surface area (Å²) >= 11 is 0. The second-order valence-corrected chi connectivity index (χ2v) is 4.97. The number of amides is 1. The molecular formula is C17H17N5O2. The Labute approximate surface area is 139 Å². The Kier molecular flexibility index (Phi) is 4.81. The van der Waals surface area contributed by atoms with Gasteiger partial charge in [-0.05, 0) is 37.3 Å². The van der Waals surface area contributed by atoms with E-state index in [2.05, 4.69) is 20.4 Å². The summed E-state index contributed by atoms with van der Waals surface area (Å²) in [7, 11) is 0. The van der Waals surface area contributed by atoms with Gasteiger partial charge in [-0.2, -0.15) is 5.10 Å². The highest BCUT2D eigenvalue weighted by atomic mass is 16.5. The summed E-state index contributed by atoms with van der Waals surface area (Å²) in [6.45, 7) is 2.78. The van der Waals surface area contributed by atoms with Gasteiger partial charge < -0.3 is 10.1 Å². The number of ether oxygens (including phenoxy) is 1. The molecule has 2 aromatic heterocycles.